The Labute approximate surface area is 87.2 Å². The molecular formula is C10H14N2O3. The van der Waals surface area contributed by atoms with Gasteiger partial charge in [0.15, 0.2) is 0 Å². The zero-order valence-corrected chi connectivity index (χ0v) is 8.78. The number of aliphatic carboxylic acids is 1. The highest BCUT2D eigenvalue weighted by Crippen LogP contribution is 2.45. The van der Waals surface area contributed by atoms with Gasteiger partial charge in [-0.1, -0.05) is 5.16 Å². The van der Waals surface area contributed by atoms with E-state index in [0.717, 1.165) is 0 Å². The molecule has 0 aromatic carbocycles. The Balaban J connectivity index is 2.47. The molecule has 15 heavy (non-hydrogen) atoms. The van der Waals surface area contributed by atoms with Crippen LogP contribution in [0.5, 0.6) is 0 Å². The molecule has 0 atom stereocenters. The highest BCUT2D eigenvalue weighted by Gasteiger charge is 2.53. The summed E-state index contributed by atoms with van der Waals surface area (Å²) in [5, 5.41) is 13.1. The minimum Gasteiger partial charge on any atom is -0.481 e. The fourth-order valence-corrected chi connectivity index (χ4v) is 2.49. The van der Waals surface area contributed by atoms with Crippen molar-refractivity contribution in [2.75, 3.05) is 0 Å². The van der Waals surface area contributed by atoms with Gasteiger partial charge in [0.25, 0.3) is 0 Å². The zero-order chi connectivity index (χ0) is 11.2. The van der Waals surface area contributed by atoms with Gasteiger partial charge in [0.05, 0.1) is 5.69 Å². The lowest BCUT2D eigenvalue weighted by Gasteiger charge is -2.42. The topological polar surface area (TPSA) is 89.3 Å². The standard InChI is InChI=1S/C10H14N2O3/c1-5-8(6(2)15-12-5)10(9(13)14)3-7(11)4-10/h7H,3-4,11H2,1-2H3,(H,13,14). The van der Waals surface area contributed by atoms with E-state index in [9.17, 15) is 9.90 Å². The van der Waals surface area contributed by atoms with Crippen LogP contribution in [0.2, 0.25) is 0 Å². The number of carboxylic acids is 1. The molecule has 0 aliphatic heterocycles. The monoisotopic (exact) mass is 210 g/mol. The van der Waals surface area contributed by atoms with Gasteiger partial charge in [0.1, 0.15) is 11.2 Å². The molecule has 82 valence electrons. The molecule has 1 aliphatic carbocycles. The Morgan fingerprint density at radius 3 is 2.53 bits per heavy atom. The molecule has 0 bridgehead atoms. The van der Waals surface area contributed by atoms with Gasteiger partial charge in [-0.25, -0.2) is 0 Å². The molecule has 3 N–H and O–H groups in total. The smallest absolute Gasteiger partial charge is 0.314 e. The summed E-state index contributed by atoms with van der Waals surface area (Å²) in [4.78, 5) is 11.3. The summed E-state index contributed by atoms with van der Waals surface area (Å²) < 4.78 is 5.01. The Morgan fingerprint density at radius 1 is 1.60 bits per heavy atom. The van der Waals surface area contributed by atoms with Crippen molar-refractivity contribution in [3.8, 4) is 0 Å². The van der Waals surface area contributed by atoms with Crippen LogP contribution >= 0.6 is 0 Å². The molecule has 1 fully saturated rings. The van der Waals surface area contributed by atoms with Gasteiger partial charge < -0.3 is 15.4 Å². The normalized spacial score (nSPS) is 29.9. The van der Waals surface area contributed by atoms with E-state index in [1.165, 1.54) is 0 Å². The predicted molar refractivity (Wildman–Crippen MR) is 52.5 cm³/mol. The summed E-state index contributed by atoms with van der Waals surface area (Å²) in [6.45, 7) is 3.50. The Kier molecular flexibility index (Phi) is 2.08. The fraction of sp³-hybridized carbons (Fsp3) is 0.600. The van der Waals surface area contributed by atoms with Crippen LogP contribution in [0, 0.1) is 13.8 Å². The molecule has 0 unspecified atom stereocenters. The van der Waals surface area contributed by atoms with Gasteiger partial charge in [-0.3, -0.25) is 4.79 Å². The van der Waals surface area contributed by atoms with E-state index in [1.54, 1.807) is 13.8 Å². The van der Waals surface area contributed by atoms with E-state index in [4.69, 9.17) is 10.3 Å². The number of carboxylic acid groups (broad SMARTS) is 1. The second-order valence-corrected chi connectivity index (χ2v) is 4.25. The SMILES string of the molecule is Cc1noc(C)c1C1(C(=O)O)CC(N)C1. The summed E-state index contributed by atoms with van der Waals surface area (Å²) in [5.74, 6) is -0.250. The number of aromatic nitrogens is 1. The first kappa shape index (κ1) is 10.2. The minimum atomic E-state index is -0.867. The molecule has 0 saturated heterocycles. The lowest BCUT2D eigenvalue weighted by Crippen LogP contribution is -2.54. The van der Waals surface area contributed by atoms with Crippen LogP contribution in [0.15, 0.2) is 4.52 Å². The van der Waals surface area contributed by atoms with Crippen molar-refractivity contribution in [1.82, 2.24) is 5.16 Å². The average Bonchev–Trinajstić information content (AvgIpc) is 2.41. The van der Waals surface area contributed by atoms with Crippen molar-refractivity contribution >= 4 is 5.97 Å². The van der Waals surface area contributed by atoms with Crippen LogP contribution < -0.4 is 5.73 Å². The number of carbonyl (C=O) groups is 1. The second-order valence-electron chi connectivity index (χ2n) is 4.25. The van der Waals surface area contributed by atoms with Gasteiger partial charge in [0, 0.05) is 11.6 Å². The number of nitrogens with zero attached hydrogens (tertiary/aromatic N) is 1. The fourth-order valence-electron chi connectivity index (χ4n) is 2.49. The Bertz CT molecular complexity index is 385. The van der Waals surface area contributed by atoms with Crippen LogP contribution in [-0.2, 0) is 10.2 Å². The lowest BCUT2D eigenvalue weighted by molar-refractivity contribution is -0.148. The van der Waals surface area contributed by atoms with E-state index in [2.05, 4.69) is 5.16 Å². The molecule has 0 amide bonds. The number of rotatable bonds is 2. The predicted octanol–water partition coefficient (Wildman–Crippen LogP) is 0.735. The van der Waals surface area contributed by atoms with Gasteiger partial charge in [-0.2, -0.15) is 0 Å². The van der Waals surface area contributed by atoms with Gasteiger partial charge in [0.2, 0.25) is 0 Å². The summed E-state index contributed by atoms with van der Waals surface area (Å²) in [7, 11) is 0. The maximum Gasteiger partial charge on any atom is 0.314 e. The molecule has 0 spiro atoms. The van der Waals surface area contributed by atoms with Crippen molar-refractivity contribution in [3.05, 3.63) is 17.0 Å². The molecule has 0 radical (unpaired) electrons. The molecular weight excluding hydrogens is 196 g/mol. The van der Waals surface area contributed by atoms with E-state index >= 15 is 0 Å². The average molecular weight is 210 g/mol. The van der Waals surface area contributed by atoms with Crippen LogP contribution in [-0.4, -0.2) is 22.3 Å². The van der Waals surface area contributed by atoms with Gasteiger partial charge >= 0.3 is 5.97 Å². The lowest BCUT2D eigenvalue weighted by atomic mass is 9.61. The molecule has 1 saturated carbocycles. The van der Waals surface area contributed by atoms with Crippen molar-refractivity contribution in [3.63, 3.8) is 0 Å². The Morgan fingerprint density at radius 2 is 2.20 bits per heavy atom. The van der Waals surface area contributed by atoms with E-state index in [-0.39, 0.29) is 6.04 Å². The van der Waals surface area contributed by atoms with Gasteiger partial charge in [-0.05, 0) is 26.7 Å². The molecule has 1 aromatic rings. The largest absolute Gasteiger partial charge is 0.481 e. The third-order valence-electron chi connectivity index (χ3n) is 3.14. The summed E-state index contributed by atoms with van der Waals surface area (Å²) in [5.41, 5.74) is 6.18. The molecule has 2 rings (SSSR count). The summed E-state index contributed by atoms with van der Waals surface area (Å²) in [6.07, 6.45) is 0.927. The molecule has 5 heteroatoms. The summed E-state index contributed by atoms with van der Waals surface area (Å²) in [6, 6.07) is -0.0326. The third-order valence-corrected chi connectivity index (χ3v) is 3.14. The van der Waals surface area contributed by atoms with E-state index < -0.39 is 11.4 Å². The van der Waals surface area contributed by atoms with Gasteiger partial charge in [-0.15, -0.1) is 0 Å². The first-order valence-corrected chi connectivity index (χ1v) is 4.89. The van der Waals surface area contributed by atoms with Crippen molar-refractivity contribution in [2.45, 2.75) is 38.1 Å². The number of hydrogen-bond acceptors (Lipinski definition) is 4. The van der Waals surface area contributed by atoms with Crippen molar-refractivity contribution < 1.29 is 14.4 Å². The van der Waals surface area contributed by atoms with Crippen LogP contribution in [0.4, 0.5) is 0 Å². The van der Waals surface area contributed by atoms with Crippen LogP contribution in [0.1, 0.15) is 29.9 Å². The molecule has 1 aliphatic rings. The third kappa shape index (κ3) is 1.26. The second kappa shape index (κ2) is 3.06. The van der Waals surface area contributed by atoms with Crippen molar-refractivity contribution in [2.24, 2.45) is 5.73 Å². The molecule has 5 nitrogen and oxygen atoms in total. The molecule has 1 aromatic heterocycles. The van der Waals surface area contributed by atoms with Crippen molar-refractivity contribution in [1.29, 1.82) is 0 Å². The highest BCUT2D eigenvalue weighted by molar-refractivity contribution is 5.83. The number of hydrogen-bond donors (Lipinski definition) is 2. The number of aryl methyl sites for hydroxylation is 2. The number of nitrogens with two attached hydrogens (primary N) is 1. The molecule has 1 heterocycles. The highest BCUT2D eigenvalue weighted by atomic mass is 16.5. The van der Waals surface area contributed by atoms with Crippen LogP contribution in [0.25, 0.3) is 0 Å². The Hall–Kier alpha value is -1.36. The zero-order valence-electron chi connectivity index (χ0n) is 8.78. The summed E-state index contributed by atoms with van der Waals surface area (Å²) >= 11 is 0. The van der Waals surface area contributed by atoms with E-state index in [0.29, 0.717) is 29.9 Å². The minimum absolute atomic E-state index is 0.0326. The maximum atomic E-state index is 11.3. The first-order valence-electron chi connectivity index (χ1n) is 4.89. The van der Waals surface area contributed by atoms with Crippen LogP contribution in [0.3, 0.4) is 0 Å². The van der Waals surface area contributed by atoms with E-state index in [1.807, 2.05) is 0 Å². The first-order chi connectivity index (χ1) is 6.97. The maximum absolute atomic E-state index is 11.3. The quantitative estimate of drug-likeness (QED) is 0.751.